The standard InChI is InChI=1S/C20H22N2O5/c1-13-12-21-16(22-18(13)15-8-6-5-7-9-15)10-20(14(2)23,19(25)27-4)11-17(24)26-3/h5-9,12H,10-11H2,1-4H3. The summed E-state index contributed by atoms with van der Waals surface area (Å²) in [6.07, 6.45) is 1.03. The van der Waals surface area contributed by atoms with E-state index in [9.17, 15) is 14.4 Å². The van der Waals surface area contributed by atoms with Gasteiger partial charge in [-0.15, -0.1) is 0 Å². The third kappa shape index (κ3) is 4.36. The van der Waals surface area contributed by atoms with Gasteiger partial charge in [0.1, 0.15) is 17.0 Å². The SMILES string of the molecule is COC(=O)CC(Cc1ncc(C)c(-c2ccccc2)n1)(C(C)=O)C(=O)OC. The Hall–Kier alpha value is -3.09. The predicted octanol–water partition coefficient (Wildman–Crippen LogP) is 2.31. The van der Waals surface area contributed by atoms with E-state index in [1.807, 2.05) is 37.3 Å². The quantitative estimate of drug-likeness (QED) is 0.545. The summed E-state index contributed by atoms with van der Waals surface area (Å²) in [6, 6.07) is 9.50. The molecule has 1 aromatic heterocycles. The van der Waals surface area contributed by atoms with E-state index in [0.29, 0.717) is 5.69 Å². The van der Waals surface area contributed by atoms with Crippen molar-refractivity contribution in [2.45, 2.75) is 26.7 Å². The Morgan fingerprint density at radius 3 is 2.30 bits per heavy atom. The smallest absolute Gasteiger partial charge is 0.320 e. The second kappa shape index (κ2) is 8.53. The molecular weight excluding hydrogens is 348 g/mol. The van der Waals surface area contributed by atoms with Crippen LogP contribution in [-0.2, 0) is 30.3 Å². The van der Waals surface area contributed by atoms with E-state index in [1.165, 1.54) is 21.1 Å². The molecule has 1 heterocycles. The molecule has 7 heteroatoms. The lowest BCUT2D eigenvalue weighted by atomic mass is 9.77. The van der Waals surface area contributed by atoms with E-state index in [0.717, 1.165) is 11.1 Å². The van der Waals surface area contributed by atoms with E-state index >= 15 is 0 Å². The molecule has 0 radical (unpaired) electrons. The number of aryl methyl sites for hydroxylation is 1. The van der Waals surface area contributed by atoms with E-state index < -0.39 is 29.6 Å². The molecule has 0 spiro atoms. The number of hydrogen-bond donors (Lipinski definition) is 0. The van der Waals surface area contributed by atoms with Gasteiger partial charge in [0.15, 0.2) is 0 Å². The van der Waals surface area contributed by atoms with Gasteiger partial charge in [0, 0.05) is 18.2 Å². The van der Waals surface area contributed by atoms with Crippen LogP contribution >= 0.6 is 0 Å². The molecule has 1 atom stereocenters. The van der Waals surface area contributed by atoms with Gasteiger partial charge < -0.3 is 9.47 Å². The maximum Gasteiger partial charge on any atom is 0.320 e. The molecule has 0 bridgehead atoms. The van der Waals surface area contributed by atoms with Crippen LogP contribution in [0.4, 0.5) is 0 Å². The molecule has 0 fully saturated rings. The molecular formula is C20H22N2O5. The Labute approximate surface area is 157 Å². The number of rotatable bonds is 7. The van der Waals surface area contributed by atoms with Crippen LogP contribution in [0.15, 0.2) is 36.5 Å². The lowest BCUT2D eigenvalue weighted by molar-refractivity contribution is -0.163. The zero-order valence-corrected chi connectivity index (χ0v) is 15.8. The highest BCUT2D eigenvalue weighted by molar-refractivity contribution is 6.05. The molecule has 0 saturated heterocycles. The zero-order chi connectivity index (χ0) is 20.0. The second-order valence-electron chi connectivity index (χ2n) is 6.24. The Balaban J connectivity index is 2.50. The van der Waals surface area contributed by atoms with Crippen LogP contribution in [-0.4, -0.2) is 41.9 Å². The number of ether oxygens (including phenoxy) is 2. The largest absolute Gasteiger partial charge is 0.469 e. The topological polar surface area (TPSA) is 95.5 Å². The highest BCUT2D eigenvalue weighted by Gasteiger charge is 2.47. The van der Waals surface area contributed by atoms with Crippen molar-refractivity contribution in [3.63, 3.8) is 0 Å². The maximum atomic E-state index is 12.4. The van der Waals surface area contributed by atoms with Gasteiger partial charge in [0.05, 0.1) is 26.3 Å². The zero-order valence-electron chi connectivity index (χ0n) is 15.8. The van der Waals surface area contributed by atoms with Crippen LogP contribution in [0, 0.1) is 12.3 Å². The number of carbonyl (C=O) groups excluding carboxylic acids is 3. The van der Waals surface area contributed by atoms with Crippen LogP contribution < -0.4 is 0 Å². The number of aromatic nitrogens is 2. The van der Waals surface area contributed by atoms with Crippen LogP contribution in [0.1, 0.15) is 24.7 Å². The van der Waals surface area contributed by atoms with Crippen LogP contribution in [0.25, 0.3) is 11.3 Å². The molecule has 0 amide bonds. The van der Waals surface area contributed by atoms with E-state index in [-0.39, 0.29) is 12.2 Å². The lowest BCUT2D eigenvalue weighted by Crippen LogP contribution is -2.43. The molecule has 142 valence electrons. The van der Waals surface area contributed by atoms with Crippen molar-refractivity contribution in [1.29, 1.82) is 0 Å². The first kappa shape index (κ1) is 20.2. The van der Waals surface area contributed by atoms with Crippen LogP contribution in [0.5, 0.6) is 0 Å². The number of hydrogen-bond acceptors (Lipinski definition) is 7. The minimum Gasteiger partial charge on any atom is -0.469 e. The Bertz CT molecular complexity index is 851. The summed E-state index contributed by atoms with van der Waals surface area (Å²) in [5.74, 6) is -1.74. The fraction of sp³-hybridized carbons (Fsp3) is 0.350. The van der Waals surface area contributed by atoms with Crippen molar-refractivity contribution in [1.82, 2.24) is 9.97 Å². The normalized spacial score (nSPS) is 12.7. The van der Waals surface area contributed by atoms with Crippen LogP contribution in [0.3, 0.4) is 0 Å². The molecule has 2 rings (SSSR count). The average Bonchev–Trinajstić information content (AvgIpc) is 2.68. The molecule has 1 aromatic carbocycles. The third-order valence-electron chi connectivity index (χ3n) is 4.45. The summed E-state index contributed by atoms with van der Waals surface area (Å²) >= 11 is 0. The number of benzene rings is 1. The van der Waals surface area contributed by atoms with E-state index in [4.69, 9.17) is 4.74 Å². The Morgan fingerprint density at radius 2 is 1.74 bits per heavy atom. The van der Waals surface area contributed by atoms with Gasteiger partial charge >= 0.3 is 11.9 Å². The number of ketones is 1. The highest BCUT2D eigenvalue weighted by atomic mass is 16.5. The molecule has 2 aromatic rings. The molecule has 0 N–H and O–H groups in total. The fourth-order valence-corrected chi connectivity index (χ4v) is 2.84. The van der Waals surface area contributed by atoms with Gasteiger partial charge in [-0.05, 0) is 19.4 Å². The first-order chi connectivity index (χ1) is 12.8. The van der Waals surface area contributed by atoms with Crippen molar-refractivity contribution in [3.8, 4) is 11.3 Å². The summed E-state index contributed by atoms with van der Waals surface area (Å²) in [6.45, 7) is 3.12. The summed E-state index contributed by atoms with van der Waals surface area (Å²) in [5, 5.41) is 0. The minimum absolute atomic E-state index is 0.162. The first-order valence-corrected chi connectivity index (χ1v) is 8.38. The van der Waals surface area contributed by atoms with Crippen molar-refractivity contribution >= 4 is 17.7 Å². The number of Topliss-reactive ketones (excluding diaryl/α,β-unsaturated/α-hetero) is 1. The molecule has 7 nitrogen and oxygen atoms in total. The second-order valence-corrected chi connectivity index (χ2v) is 6.24. The monoisotopic (exact) mass is 370 g/mol. The highest BCUT2D eigenvalue weighted by Crippen LogP contribution is 2.31. The summed E-state index contributed by atoms with van der Waals surface area (Å²) in [5.41, 5.74) is 0.703. The number of methoxy groups -OCH3 is 2. The Kier molecular flexibility index (Phi) is 6.39. The van der Waals surface area contributed by atoms with Gasteiger partial charge in [-0.2, -0.15) is 0 Å². The van der Waals surface area contributed by atoms with Gasteiger partial charge in [-0.3, -0.25) is 14.4 Å². The molecule has 1 unspecified atom stereocenters. The van der Waals surface area contributed by atoms with Gasteiger partial charge in [0.25, 0.3) is 0 Å². The van der Waals surface area contributed by atoms with Crippen molar-refractivity contribution in [3.05, 3.63) is 47.9 Å². The van der Waals surface area contributed by atoms with Gasteiger partial charge in [-0.25, -0.2) is 9.97 Å². The van der Waals surface area contributed by atoms with Crippen molar-refractivity contribution < 1.29 is 23.9 Å². The Morgan fingerprint density at radius 1 is 1.07 bits per heavy atom. The van der Waals surface area contributed by atoms with Gasteiger partial charge in [-0.1, -0.05) is 30.3 Å². The summed E-state index contributed by atoms with van der Waals surface area (Å²) in [7, 11) is 2.36. The van der Waals surface area contributed by atoms with Crippen molar-refractivity contribution in [2.75, 3.05) is 14.2 Å². The van der Waals surface area contributed by atoms with E-state index in [2.05, 4.69) is 14.7 Å². The average molecular weight is 370 g/mol. The molecule has 0 aliphatic heterocycles. The van der Waals surface area contributed by atoms with Gasteiger partial charge in [0.2, 0.25) is 0 Å². The third-order valence-corrected chi connectivity index (χ3v) is 4.45. The molecule has 0 saturated carbocycles. The summed E-state index contributed by atoms with van der Waals surface area (Å²) in [4.78, 5) is 45.5. The summed E-state index contributed by atoms with van der Waals surface area (Å²) < 4.78 is 9.47. The molecule has 27 heavy (non-hydrogen) atoms. The van der Waals surface area contributed by atoms with E-state index in [1.54, 1.807) is 6.20 Å². The fourth-order valence-electron chi connectivity index (χ4n) is 2.84. The first-order valence-electron chi connectivity index (χ1n) is 8.38. The number of esters is 2. The molecule has 0 aliphatic carbocycles. The number of carbonyl (C=O) groups is 3. The molecule has 0 aliphatic rings. The predicted molar refractivity (Wildman–Crippen MR) is 97.7 cm³/mol. The minimum atomic E-state index is -1.73. The van der Waals surface area contributed by atoms with Crippen molar-refractivity contribution in [2.24, 2.45) is 5.41 Å². The van der Waals surface area contributed by atoms with Crippen LogP contribution in [0.2, 0.25) is 0 Å². The number of nitrogens with zero attached hydrogens (tertiary/aromatic N) is 2. The maximum absolute atomic E-state index is 12.4. The lowest BCUT2D eigenvalue weighted by Gasteiger charge is -2.26.